The zero-order chi connectivity index (χ0) is 13.9. The number of aldehydes is 1. The van der Waals surface area contributed by atoms with E-state index < -0.39 is 5.82 Å². The molecule has 0 spiro atoms. The van der Waals surface area contributed by atoms with Crippen LogP contribution in [0.3, 0.4) is 0 Å². The van der Waals surface area contributed by atoms with Gasteiger partial charge < -0.3 is 4.74 Å². The van der Waals surface area contributed by atoms with E-state index >= 15 is 0 Å². The van der Waals surface area contributed by atoms with E-state index in [2.05, 4.69) is 12.1 Å². The fourth-order valence-corrected chi connectivity index (χ4v) is 3.50. The van der Waals surface area contributed by atoms with Gasteiger partial charge >= 0.3 is 0 Å². The second kappa shape index (κ2) is 5.67. The van der Waals surface area contributed by atoms with Crippen molar-refractivity contribution >= 4 is 18.0 Å². The van der Waals surface area contributed by atoms with Crippen molar-refractivity contribution in [2.45, 2.75) is 10.8 Å². The smallest absolute Gasteiger partial charge is 0.165 e. The second-order valence-electron chi connectivity index (χ2n) is 4.66. The molecular weight excluding hydrogens is 275 g/mol. The SMILES string of the molecule is O=Cc1ccc(OCC2CSc3ccccc32)c(F)c1. The molecule has 1 aliphatic heterocycles. The van der Waals surface area contributed by atoms with E-state index in [0.717, 1.165) is 5.75 Å². The molecule has 1 unspecified atom stereocenters. The Bertz CT molecular complexity index is 642. The standard InChI is InChI=1S/C16H13FO2S/c17-14-7-11(8-18)5-6-15(14)19-9-12-10-20-16-4-2-1-3-13(12)16/h1-8,12H,9-10H2. The lowest BCUT2D eigenvalue weighted by Crippen LogP contribution is -2.10. The Labute approximate surface area is 121 Å². The minimum Gasteiger partial charge on any atom is -0.490 e. The second-order valence-corrected chi connectivity index (χ2v) is 5.73. The van der Waals surface area contributed by atoms with E-state index in [1.807, 2.05) is 12.1 Å². The molecule has 2 aromatic carbocycles. The van der Waals surface area contributed by atoms with Crippen LogP contribution in [0.4, 0.5) is 4.39 Å². The highest BCUT2D eigenvalue weighted by molar-refractivity contribution is 7.99. The summed E-state index contributed by atoms with van der Waals surface area (Å²) in [5.74, 6) is 0.938. The summed E-state index contributed by atoms with van der Waals surface area (Å²) in [4.78, 5) is 11.8. The molecule has 0 amide bonds. The molecule has 0 fully saturated rings. The third kappa shape index (κ3) is 2.56. The largest absolute Gasteiger partial charge is 0.490 e. The van der Waals surface area contributed by atoms with E-state index in [1.54, 1.807) is 17.8 Å². The van der Waals surface area contributed by atoms with Crippen LogP contribution < -0.4 is 4.74 Å². The van der Waals surface area contributed by atoms with Crippen molar-refractivity contribution in [1.29, 1.82) is 0 Å². The van der Waals surface area contributed by atoms with E-state index in [9.17, 15) is 9.18 Å². The fraction of sp³-hybridized carbons (Fsp3) is 0.188. The first-order chi connectivity index (χ1) is 9.78. The summed E-state index contributed by atoms with van der Waals surface area (Å²) in [7, 11) is 0. The van der Waals surface area contributed by atoms with Crippen LogP contribution in [-0.2, 0) is 0 Å². The van der Waals surface area contributed by atoms with E-state index in [4.69, 9.17) is 4.74 Å². The van der Waals surface area contributed by atoms with Gasteiger partial charge in [0.25, 0.3) is 0 Å². The van der Waals surface area contributed by atoms with Crippen molar-refractivity contribution in [2.24, 2.45) is 0 Å². The van der Waals surface area contributed by atoms with Gasteiger partial charge in [-0.1, -0.05) is 18.2 Å². The molecular formula is C16H13FO2S. The third-order valence-electron chi connectivity index (χ3n) is 3.33. The number of carbonyl (C=O) groups is 1. The molecule has 2 nitrogen and oxygen atoms in total. The molecule has 2 aromatic rings. The summed E-state index contributed by atoms with van der Waals surface area (Å²) in [6.45, 7) is 0.446. The zero-order valence-electron chi connectivity index (χ0n) is 10.7. The lowest BCUT2D eigenvalue weighted by molar-refractivity contribution is 0.112. The molecule has 1 heterocycles. The highest BCUT2D eigenvalue weighted by Crippen LogP contribution is 2.39. The molecule has 0 aliphatic carbocycles. The van der Waals surface area contributed by atoms with Crippen LogP contribution in [0.2, 0.25) is 0 Å². The van der Waals surface area contributed by atoms with Gasteiger partial charge in [0.1, 0.15) is 6.29 Å². The van der Waals surface area contributed by atoms with Crippen molar-refractivity contribution in [3.63, 3.8) is 0 Å². The molecule has 1 atom stereocenters. The first-order valence-electron chi connectivity index (χ1n) is 6.37. The molecule has 3 rings (SSSR count). The molecule has 0 saturated heterocycles. The first-order valence-corrected chi connectivity index (χ1v) is 7.36. The minimum atomic E-state index is -0.492. The lowest BCUT2D eigenvalue weighted by atomic mass is 10.0. The van der Waals surface area contributed by atoms with E-state index in [0.29, 0.717) is 18.5 Å². The number of carbonyl (C=O) groups excluding carboxylic acids is 1. The quantitative estimate of drug-likeness (QED) is 0.798. The molecule has 0 saturated carbocycles. The van der Waals surface area contributed by atoms with Crippen molar-refractivity contribution in [1.82, 2.24) is 0 Å². The Balaban J connectivity index is 1.70. The maximum Gasteiger partial charge on any atom is 0.165 e. The number of thioether (sulfide) groups is 1. The van der Waals surface area contributed by atoms with Crippen LogP contribution in [-0.4, -0.2) is 18.6 Å². The molecule has 0 bridgehead atoms. The van der Waals surface area contributed by atoms with Crippen LogP contribution >= 0.6 is 11.8 Å². The number of hydrogen-bond acceptors (Lipinski definition) is 3. The Morgan fingerprint density at radius 1 is 1.30 bits per heavy atom. The Morgan fingerprint density at radius 3 is 2.95 bits per heavy atom. The number of benzene rings is 2. The van der Waals surface area contributed by atoms with E-state index in [-0.39, 0.29) is 11.7 Å². The van der Waals surface area contributed by atoms with Gasteiger partial charge in [-0.25, -0.2) is 4.39 Å². The molecule has 102 valence electrons. The molecule has 4 heteroatoms. The Hall–Kier alpha value is -1.81. The maximum atomic E-state index is 13.7. The van der Waals surface area contributed by atoms with Gasteiger partial charge in [0.05, 0.1) is 6.61 Å². The predicted molar refractivity (Wildman–Crippen MR) is 77.2 cm³/mol. The van der Waals surface area contributed by atoms with Gasteiger partial charge in [0.15, 0.2) is 11.6 Å². The van der Waals surface area contributed by atoms with Crippen LogP contribution in [0.5, 0.6) is 5.75 Å². The van der Waals surface area contributed by atoms with Gasteiger partial charge in [-0.2, -0.15) is 0 Å². The number of rotatable bonds is 4. The summed E-state index contributed by atoms with van der Waals surface area (Å²) in [5.41, 5.74) is 1.58. The third-order valence-corrected chi connectivity index (χ3v) is 4.58. The monoisotopic (exact) mass is 288 g/mol. The predicted octanol–water partition coefficient (Wildman–Crippen LogP) is 3.91. The molecule has 20 heavy (non-hydrogen) atoms. The number of halogens is 1. The molecule has 0 aromatic heterocycles. The van der Waals surface area contributed by atoms with Crippen LogP contribution in [0.15, 0.2) is 47.4 Å². The number of ether oxygens (including phenoxy) is 1. The highest BCUT2D eigenvalue weighted by atomic mass is 32.2. The van der Waals surface area contributed by atoms with Gasteiger partial charge in [-0.3, -0.25) is 4.79 Å². The summed E-state index contributed by atoms with van der Waals surface area (Å²) >= 11 is 1.80. The van der Waals surface area contributed by atoms with Crippen LogP contribution in [0.25, 0.3) is 0 Å². The zero-order valence-corrected chi connectivity index (χ0v) is 11.5. The van der Waals surface area contributed by atoms with Crippen LogP contribution in [0.1, 0.15) is 21.8 Å². The fourth-order valence-electron chi connectivity index (χ4n) is 2.27. The van der Waals surface area contributed by atoms with Gasteiger partial charge in [-0.15, -0.1) is 11.8 Å². The summed E-state index contributed by atoms with van der Waals surface area (Å²) < 4.78 is 19.3. The Kier molecular flexibility index (Phi) is 3.74. The molecule has 1 aliphatic rings. The average Bonchev–Trinajstić information content (AvgIpc) is 2.89. The van der Waals surface area contributed by atoms with E-state index in [1.165, 1.54) is 22.6 Å². The Morgan fingerprint density at radius 2 is 2.15 bits per heavy atom. The maximum absolute atomic E-state index is 13.7. The highest BCUT2D eigenvalue weighted by Gasteiger charge is 2.23. The van der Waals surface area contributed by atoms with Crippen LogP contribution in [0, 0.1) is 5.82 Å². The van der Waals surface area contributed by atoms with Crippen molar-refractivity contribution < 1.29 is 13.9 Å². The molecule has 0 N–H and O–H groups in total. The van der Waals surface area contributed by atoms with Crippen molar-refractivity contribution in [2.75, 3.05) is 12.4 Å². The van der Waals surface area contributed by atoms with Crippen molar-refractivity contribution in [3.8, 4) is 5.75 Å². The summed E-state index contributed by atoms with van der Waals surface area (Å²) in [6.07, 6.45) is 0.622. The number of hydrogen-bond donors (Lipinski definition) is 0. The average molecular weight is 288 g/mol. The summed E-state index contributed by atoms with van der Waals surface area (Å²) in [5, 5.41) is 0. The lowest BCUT2D eigenvalue weighted by Gasteiger charge is -2.13. The van der Waals surface area contributed by atoms with Gasteiger partial charge in [0.2, 0.25) is 0 Å². The molecule has 0 radical (unpaired) electrons. The van der Waals surface area contributed by atoms with Gasteiger partial charge in [-0.05, 0) is 29.8 Å². The number of fused-ring (bicyclic) bond motifs is 1. The van der Waals surface area contributed by atoms with Crippen molar-refractivity contribution in [3.05, 3.63) is 59.4 Å². The minimum absolute atomic E-state index is 0.199. The summed E-state index contributed by atoms with van der Waals surface area (Å²) in [6, 6.07) is 12.5. The normalized spacial score (nSPS) is 16.8. The topological polar surface area (TPSA) is 26.3 Å². The van der Waals surface area contributed by atoms with Gasteiger partial charge in [0, 0.05) is 22.1 Å². The first kappa shape index (κ1) is 13.2.